The molecule has 0 radical (unpaired) electrons. The summed E-state index contributed by atoms with van der Waals surface area (Å²) in [5, 5.41) is 25.0. The summed E-state index contributed by atoms with van der Waals surface area (Å²) in [7, 11) is 0. The normalized spacial score (nSPS) is 13.6. The molecule has 0 heterocycles. The van der Waals surface area contributed by atoms with Crippen LogP contribution in [0, 0.1) is 0 Å². The molecule has 2 aliphatic carbocycles. The number of unbranched alkanes of at least 4 members (excludes halogenated alkanes) is 4. The monoisotopic (exact) mass is 538 g/mol. The number of hydrogen-bond donors (Lipinski definition) is 0. The molecular weight excluding hydrogens is 512 g/mol. The van der Waals surface area contributed by atoms with Gasteiger partial charge in [0.1, 0.15) is 0 Å². The zero-order valence-corrected chi connectivity index (χ0v) is 19.9. The summed E-state index contributed by atoms with van der Waals surface area (Å²) in [6.45, 7) is 0. The summed E-state index contributed by atoms with van der Waals surface area (Å²) in [5.41, 5.74) is 1.72. The second-order valence-electron chi connectivity index (χ2n) is 6.19. The van der Waals surface area contributed by atoms with Crippen molar-refractivity contribution in [3.63, 3.8) is 0 Å². The molecule has 0 saturated heterocycles. The Bertz CT molecular complexity index is 507. The second kappa shape index (κ2) is 17.6. The molecule has 0 aromatic rings. The van der Waals surface area contributed by atoms with Gasteiger partial charge in [-0.15, -0.1) is 11.5 Å². The van der Waals surface area contributed by atoms with Crippen LogP contribution < -0.4 is 10.2 Å². The van der Waals surface area contributed by atoms with Gasteiger partial charge in [-0.2, -0.15) is 0 Å². The zero-order valence-electron chi connectivity index (χ0n) is 15.6. The zero-order chi connectivity index (χ0) is 19.0. The molecule has 0 N–H and O–H groups in total. The Morgan fingerprint density at radius 3 is 1.22 bits per heavy atom. The molecule has 150 valence electrons. The van der Waals surface area contributed by atoms with Crippen molar-refractivity contribution in [2.45, 2.75) is 51.4 Å². The van der Waals surface area contributed by atoms with E-state index in [9.17, 15) is 10.2 Å². The van der Waals surface area contributed by atoms with Crippen LogP contribution in [0.3, 0.4) is 0 Å². The Kier molecular flexibility index (Phi) is 17.3. The Labute approximate surface area is 191 Å². The second-order valence-corrected chi connectivity index (χ2v) is 7.78. The van der Waals surface area contributed by atoms with E-state index in [1.807, 2.05) is 48.6 Å². The van der Waals surface area contributed by atoms with Crippen LogP contribution in [0.2, 0.25) is 0 Å². The first-order valence-electron chi connectivity index (χ1n) is 9.30. The van der Waals surface area contributed by atoms with Gasteiger partial charge in [-0.05, 0) is 36.8 Å². The van der Waals surface area contributed by atoms with E-state index >= 15 is 0 Å². The van der Waals surface area contributed by atoms with E-state index in [0.717, 1.165) is 60.3 Å². The van der Waals surface area contributed by atoms with E-state index in [0.29, 0.717) is 12.8 Å². The first-order chi connectivity index (χ1) is 12.7. The molecule has 0 spiro atoms. The molecule has 0 aromatic carbocycles. The number of halogens is 2. The summed E-state index contributed by atoms with van der Waals surface area (Å²) in [6, 6.07) is 0. The predicted octanol–water partition coefficient (Wildman–Crippen LogP) is 5.36. The van der Waals surface area contributed by atoms with Gasteiger partial charge >= 0.3 is 17.1 Å². The molecule has 0 amide bonds. The van der Waals surface area contributed by atoms with Crippen LogP contribution in [0.5, 0.6) is 0 Å². The summed E-state index contributed by atoms with van der Waals surface area (Å²) < 4.78 is 0. The molecule has 2 rings (SSSR count). The third kappa shape index (κ3) is 12.6. The van der Waals surface area contributed by atoms with Crippen LogP contribution in [-0.4, -0.2) is 10.7 Å². The van der Waals surface area contributed by atoms with Gasteiger partial charge in [0.15, 0.2) is 0 Å². The SMILES string of the molecule is [Fe+2].[O-]C(CCCCCBr)=C1C=CC=C1.[O-]C(CCCCCBr)=C1C=CC=C1. The third-order valence-electron chi connectivity index (χ3n) is 4.04. The van der Waals surface area contributed by atoms with Gasteiger partial charge in [-0.3, -0.25) is 0 Å². The van der Waals surface area contributed by atoms with Gasteiger partial charge in [-0.1, -0.05) is 106 Å². The number of hydrogen-bond acceptors (Lipinski definition) is 2. The largest absolute Gasteiger partial charge is 2.00 e. The standard InChI is InChI=1S/2C11H15BrO.Fe/c2*12-9-5-1-2-8-11(13)10-6-3-4-7-10;/h2*3-4,6-7,13H,1-2,5,8-9H2;/q;;+2/p-2. The number of allylic oxidation sites excluding steroid dienone is 12. The average molecular weight is 540 g/mol. The average Bonchev–Trinajstić information content (AvgIpc) is 3.36. The minimum Gasteiger partial charge on any atom is -0.875 e. The summed E-state index contributed by atoms with van der Waals surface area (Å²) in [5.74, 6) is 0.555. The van der Waals surface area contributed by atoms with Crippen LogP contribution in [0.1, 0.15) is 51.4 Å². The van der Waals surface area contributed by atoms with Gasteiger partial charge in [0, 0.05) is 10.7 Å². The molecule has 0 atom stereocenters. The summed E-state index contributed by atoms with van der Waals surface area (Å²) in [6.07, 6.45) is 23.2. The molecule has 0 fully saturated rings. The Morgan fingerprint density at radius 1 is 0.593 bits per heavy atom. The van der Waals surface area contributed by atoms with E-state index in [-0.39, 0.29) is 28.6 Å². The molecule has 2 nitrogen and oxygen atoms in total. The molecule has 0 aliphatic heterocycles. The van der Waals surface area contributed by atoms with Crippen molar-refractivity contribution >= 4 is 31.9 Å². The van der Waals surface area contributed by atoms with E-state index < -0.39 is 0 Å². The Hall–Kier alpha value is -0.481. The summed E-state index contributed by atoms with van der Waals surface area (Å²) in [4.78, 5) is 0. The molecule has 2 aliphatic rings. The fraction of sp³-hybridized carbons (Fsp3) is 0.455. The molecule has 0 unspecified atom stereocenters. The topological polar surface area (TPSA) is 46.1 Å². The Morgan fingerprint density at radius 2 is 0.926 bits per heavy atom. The quantitative estimate of drug-likeness (QED) is 0.162. The van der Waals surface area contributed by atoms with Gasteiger partial charge in [0.05, 0.1) is 0 Å². The van der Waals surface area contributed by atoms with Crippen molar-refractivity contribution in [1.29, 1.82) is 0 Å². The van der Waals surface area contributed by atoms with Gasteiger partial charge < -0.3 is 10.2 Å². The fourth-order valence-corrected chi connectivity index (χ4v) is 3.32. The van der Waals surface area contributed by atoms with E-state index in [1.165, 1.54) is 0 Å². The van der Waals surface area contributed by atoms with E-state index in [1.54, 1.807) is 0 Å². The maximum Gasteiger partial charge on any atom is 2.00 e. The van der Waals surface area contributed by atoms with Crippen LogP contribution in [0.4, 0.5) is 0 Å². The van der Waals surface area contributed by atoms with Gasteiger partial charge in [0.25, 0.3) is 0 Å². The van der Waals surface area contributed by atoms with Crippen LogP contribution >= 0.6 is 31.9 Å². The minimum atomic E-state index is 0. The Balaban J connectivity index is 0.000000483. The summed E-state index contributed by atoms with van der Waals surface area (Å²) >= 11 is 6.74. The maximum absolute atomic E-state index is 11.5. The van der Waals surface area contributed by atoms with Crippen LogP contribution in [0.25, 0.3) is 0 Å². The molecule has 5 heteroatoms. The van der Waals surface area contributed by atoms with E-state index in [2.05, 4.69) is 31.9 Å². The maximum atomic E-state index is 11.5. The first-order valence-corrected chi connectivity index (χ1v) is 11.5. The fourth-order valence-electron chi connectivity index (χ4n) is 2.52. The minimum absolute atomic E-state index is 0. The van der Waals surface area contributed by atoms with Crippen molar-refractivity contribution in [1.82, 2.24) is 0 Å². The smallest absolute Gasteiger partial charge is 0.875 e. The number of alkyl halides is 2. The molecule has 0 saturated carbocycles. The molecule has 27 heavy (non-hydrogen) atoms. The predicted molar refractivity (Wildman–Crippen MR) is 115 cm³/mol. The van der Waals surface area contributed by atoms with Crippen molar-refractivity contribution in [3.05, 3.63) is 71.3 Å². The molecular formula is C22H28Br2FeO2. The number of rotatable bonds is 10. The van der Waals surface area contributed by atoms with E-state index in [4.69, 9.17) is 0 Å². The van der Waals surface area contributed by atoms with Crippen LogP contribution in [-0.2, 0) is 17.1 Å². The van der Waals surface area contributed by atoms with Gasteiger partial charge in [0.2, 0.25) is 0 Å². The molecule has 0 bridgehead atoms. The molecule has 0 aromatic heterocycles. The van der Waals surface area contributed by atoms with Crippen molar-refractivity contribution < 1.29 is 27.3 Å². The van der Waals surface area contributed by atoms with Crippen LogP contribution in [0.15, 0.2) is 71.3 Å². The van der Waals surface area contributed by atoms with Crippen molar-refractivity contribution in [2.24, 2.45) is 0 Å². The van der Waals surface area contributed by atoms with Crippen molar-refractivity contribution in [2.75, 3.05) is 10.7 Å². The third-order valence-corrected chi connectivity index (χ3v) is 5.17. The first kappa shape index (κ1) is 26.5. The van der Waals surface area contributed by atoms with Gasteiger partial charge in [-0.25, -0.2) is 0 Å². The van der Waals surface area contributed by atoms with Crippen molar-refractivity contribution in [3.8, 4) is 0 Å².